The summed E-state index contributed by atoms with van der Waals surface area (Å²) in [7, 11) is 0. The Morgan fingerprint density at radius 1 is 1.64 bits per heavy atom. The van der Waals surface area contributed by atoms with Crippen LogP contribution in [-0.4, -0.2) is 6.54 Å². The van der Waals surface area contributed by atoms with Crippen LogP contribution in [0.2, 0.25) is 0 Å². The van der Waals surface area contributed by atoms with Gasteiger partial charge in [-0.15, -0.1) is 11.3 Å². The van der Waals surface area contributed by atoms with Gasteiger partial charge in [-0.3, -0.25) is 0 Å². The van der Waals surface area contributed by atoms with Gasteiger partial charge in [-0.25, -0.2) is 0 Å². The van der Waals surface area contributed by atoms with Crippen LogP contribution in [0.4, 0.5) is 0 Å². The van der Waals surface area contributed by atoms with E-state index in [0.29, 0.717) is 6.04 Å². The van der Waals surface area contributed by atoms with E-state index in [1.807, 2.05) is 11.3 Å². The standard InChI is InChI=1S/C12H19NS/c1-3-11(12-5-4-6-14-12)13-8-10-7-9(10)2/h4-6,9-11,13H,3,7-8H2,1-2H3. The van der Waals surface area contributed by atoms with Crippen LogP contribution in [0.25, 0.3) is 0 Å². The zero-order valence-electron chi connectivity index (χ0n) is 8.99. The van der Waals surface area contributed by atoms with Crippen LogP contribution in [0.3, 0.4) is 0 Å². The zero-order chi connectivity index (χ0) is 9.97. The van der Waals surface area contributed by atoms with Crippen molar-refractivity contribution in [3.8, 4) is 0 Å². The van der Waals surface area contributed by atoms with Crippen molar-refractivity contribution in [3.63, 3.8) is 0 Å². The molecule has 1 heterocycles. The van der Waals surface area contributed by atoms with Crippen LogP contribution in [0.5, 0.6) is 0 Å². The Morgan fingerprint density at radius 3 is 2.93 bits per heavy atom. The minimum Gasteiger partial charge on any atom is -0.309 e. The molecule has 0 radical (unpaired) electrons. The number of hydrogen-bond donors (Lipinski definition) is 1. The fraction of sp³-hybridized carbons (Fsp3) is 0.667. The SMILES string of the molecule is CCC(NCC1CC1C)c1cccs1. The van der Waals surface area contributed by atoms with E-state index in [0.717, 1.165) is 11.8 Å². The molecule has 0 aliphatic heterocycles. The molecule has 0 amide bonds. The van der Waals surface area contributed by atoms with E-state index in [-0.39, 0.29) is 0 Å². The highest BCUT2D eigenvalue weighted by molar-refractivity contribution is 7.10. The van der Waals surface area contributed by atoms with Crippen LogP contribution in [-0.2, 0) is 0 Å². The third-order valence-electron chi connectivity index (χ3n) is 3.20. The maximum atomic E-state index is 3.67. The van der Waals surface area contributed by atoms with Crippen LogP contribution in [0, 0.1) is 11.8 Å². The topological polar surface area (TPSA) is 12.0 Å². The Labute approximate surface area is 90.5 Å². The van der Waals surface area contributed by atoms with Crippen molar-refractivity contribution in [2.24, 2.45) is 11.8 Å². The molecule has 14 heavy (non-hydrogen) atoms. The molecule has 2 rings (SSSR count). The summed E-state index contributed by atoms with van der Waals surface area (Å²) in [6.07, 6.45) is 2.62. The smallest absolute Gasteiger partial charge is 0.0412 e. The minimum absolute atomic E-state index is 0.586. The molecule has 0 aromatic carbocycles. The minimum atomic E-state index is 0.586. The lowest BCUT2D eigenvalue weighted by Gasteiger charge is -2.15. The summed E-state index contributed by atoms with van der Waals surface area (Å²) < 4.78 is 0. The van der Waals surface area contributed by atoms with Gasteiger partial charge in [0.1, 0.15) is 0 Å². The molecular weight excluding hydrogens is 190 g/mol. The first-order valence-electron chi connectivity index (χ1n) is 5.58. The van der Waals surface area contributed by atoms with E-state index in [1.165, 1.54) is 24.3 Å². The second kappa shape index (κ2) is 4.45. The summed E-state index contributed by atoms with van der Waals surface area (Å²) >= 11 is 1.87. The molecule has 1 N–H and O–H groups in total. The average Bonchev–Trinajstić information content (AvgIpc) is 2.70. The summed E-state index contributed by atoms with van der Waals surface area (Å²) in [4.78, 5) is 1.49. The summed E-state index contributed by atoms with van der Waals surface area (Å²) in [6.45, 7) is 5.81. The lowest BCUT2D eigenvalue weighted by atomic mass is 10.2. The fourth-order valence-electron chi connectivity index (χ4n) is 1.91. The van der Waals surface area contributed by atoms with E-state index in [1.54, 1.807) is 0 Å². The van der Waals surface area contributed by atoms with E-state index in [2.05, 4.69) is 36.7 Å². The second-order valence-corrected chi connectivity index (χ2v) is 5.34. The highest BCUT2D eigenvalue weighted by Crippen LogP contribution is 2.37. The Hall–Kier alpha value is -0.340. The van der Waals surface area contributed by atoms with Gasteiger partial charge in [0.2, 0.25) is 0 Å². The Kier molecular flexibility index (Phi) is 3.24. The lowest BCUT2D eigenvalue weighted by Crippen LogP contribution is -2.22. The molecule has 0 saturated heterocycles. The molecule has 1 saturated carbocycles. The normalized spacial score (nSPS) is 27.6. The van der Waals surface area contributed by atoms with Crippen molar-refractivity contribution < 1.29 is 0 Å². The van der Waals surface area contributed by atoms with Crippen molar-refractivity contribution in [2.45, 2.75) is 32.7 Å². The van der Waals surface area contributed by atoms with Gasteiger partial charge in [-0.2, -0.15) is 0 Å². The van der Waals surface area contributed by atoms with Crippen molar-refractivity contribution >= 4 is 11.3 Å². The van der Waals surface area contributed by atoms with Crippen LogP contribution in [0.1, 0.15) is 37.6 Å². The molecule has 3 atom stereocenters. The Balaban J connectivity index is 1.81. The first-order chi connectivity index (χ1) is 6.81. The van der Waals surface area contributed by atoms with Gasteiger partial charge >= 0.3 is 0 Å². The highest BCUT2D eigenvalue weighted by Gasteiger charge is 2.32. The molecule has 1 fully saturated rings. The molecular formula is C12H19NS. The number of thiophene rings is 1. The summed E-state index contributed by atoms with van der Waals surface area (Å²) in [6, 6.07) is 4.97. The van der Waals surface area contributed by atoms with Crippen LogP contribution in [0.15, 0.2) is 17.5 Å². The quantitative estimate of drug-likeness (QED) is 0.783. The number of nitrogens with one attached hydrogen (secondary N) is 1. The molecule has 1 aliphatic rings. The molecule has 0 bridgehead atoms. The maximum absolute atomic E-state index is 3.67. The monoisotopic (exact) mass is 209 g/mol. The Bertz CT molecular complexity index is 268. The maximum Gasteiger partial charge on any atom is 0.0412 e. The van der Waals surface area contributed by atoms with Gasteiger partial charge in [-0.1, -0.05) is 19.9 Å². The molecule has 78 valence electrons. The number of rotatable bonds is 5. The third-order valence-corrected chi connectivity index (χ3v) is 4.18. The van der Waals surface area contributed by atoms with Crippen molar-refractivity contribution in [2.75, 3.05) is 6.54 Å². The zero-order valence-corrected chi connectivity index (χ0v) is 9.81. The Morgan fingerprint density at radius 2 is 2.43 bits per heavy atom. The largest absolute Gasteiger partial charge is 0.309 e. The lowest BCUT2D eigenvalue weighted by molar-refractivity contribution is 0.499. The van der Waals surface area contributed by atoms with Gasteiger partial charge in [0.25, 0.3) is 0 Å². The van der Waals surface area contributed by atoms with Gasteiger partial charge < -0.3 is 5.32 Å². The molecule has 1 aromatic heterocycles. The van der Waals surface area contributed by atoms with Gasteiger partial charge in [0, 0.05) is 10.9 Å². The summed E-state index contributed by atoms with van der Waals surface area (Å²) in [5.41, 5.74) is 0. The summed E-state index contributed by atoms with van der Waals surface area (Å²) in [5.74, 6) is 1.91. The van der Waals surface area contributed by atoms with Crippen LogP contribution >= 0.6 is 11.3 Å². The highest BCUT2D eigenvalue weighted by atomic mass is 32.1. The average molecular weight is 209 g/mol. The van der Waals surface area contributed by atoms with Crippen molar-refractivity contribution in [1.82, 2.24) is 5.32 Å². The molecule has 1 aromatic rings. The molecule has 3 unspecified atom stereocenters. The van der Waals surface area contributed by atoms with Gasteiger partial charge in [-0.05, 0) is 42.7 Å². The van der Waals surface area contributed by atoms with E-state index in [4.69, 9.17) is 0 Å². The first kappa shape index (κ1) is 10.2. The fourth-order valence-corrected chi connectivity index (χ4v) is 2.80. The molecule has 2 heteroatoms. The van der Waals surface area contributed by atoms with Gasteiger partial charge in [0.15, 0.2) is 0 Å². The molecule has 0 spiro atoms. The van der Waals surface area contributed by atoms with Crippen LogP contribution < -0.4 is 5.32 Å². The first-order valence-corrected chi connectivity index (χ1v) is 6.46. The van der Waals surface area contributed by atoms with E-state index >= 15 is 0 Å². The molecule has 1 aliphatic carbocycles. The summed E-state index contributed by atoms with van der Waals surface area (Å²) in [5, 5.41) is 5.84. The van der Waals surface area contributed by atoms with Crippen molar-refractivity contribution in [1.29, 1.82) is 0 Å². The second-order valence-electron chi connectivity index (χ2n) is 4.36. The molecule has 1 nitrogen and oxygen atoms in total. The van der Waals surface area contributed by atoms with Gasteiger partial charge in [0.05, 0.1) is 0 Å². The van der Waals surface area contributed by atoms with Crippen molar-refractivity contribution in [3.05, 3.63) is 22.4 Å². The third kappa shape index (κ3) is 2.37. The number of hydrogen-bond acceptors (Lipinski definition) is 2. The predicted octanol–water partition coefficient (Wildman–Crippen LogP) is 3.44. The van der Waals surface area contributed by atoms with E-state index in [9.17, 15) is 0 Å². The predicted molar refractivity (Wildman–Crippen MR) is 62.6 cm³/mol. The van der Waals surface area contributed by atoms with E-state index < -0.39 is 0 Å².